The molecule has 3 aromatic heterocycles. The summed E-state index contributed by atoms with van der Waals surface area (Å²) < 4.78 is 50.3. The molecule has 0 aliphatic carbocycles. The van der Waals surface area contributed by atoms with Gasteiger partial charge in [-0.3, -0.25) is 9.88 Å². The van der Waals surface area contributed by atoms with Gasteiger partial charge in [-0.05, 0) is 31.5 Å². The quantitative estimate of drug-likeness (QED) is 0.358. The minimum absolute atomic E-state index is 0.124. The van der Waals surface area contributed by atoms with E-state index in [0.717, 1.165) is 43.8 Å². The topological polar surface area (TPSA) is 105 Å². The molecule has 1 aromatic carbocycles. The number of nitrogen functional groups attached to an aromatic ring is 1. The first-order chi connectivity index (χ1) is 19.5. The maximum Gasteiger partial charge on any atom is 0.319 e. The standard InChI is InChI=1S/C27H29F3N8OS/c28-11-17-20(16-2-3-19(30)23-22(16)34-25(31)40-23)33-12-18-21(17)35-26(36-24(18)37-8-5-32-6-9-37)39-14-27-4-1-7-38(27)13-15(29)10-27/h2-3,12,15,32H,1,4-11,13-14H2,(H2,31,34)/t15-,27+/m1/s1. The molecule has 210 valence electrons. The lowest BCUT2D eigenvalue weighted by Crippen LogP contribution is -2.44. The first-order valence-electron chi connectivity index (χ1n) is 13.5. The van der Waals surface area contributed by atoms with Crippen molar-refractivity contribution in [2.75, 3.05) is 56.5 Å². The molecule has 4 aromatic rings. The highest BCUT2D eigenvalue weighted by molar-refractivity contribution is 7.22. The monoisotopic (exact) mass is 570 g/mol. The number of nitrogens with one attached hydrogen (secondary N) is 1. The van der Waals surface area contributed by atoms with Gasteiger partial charge in [-0.2, -0.15) is 9.97 Å². The molecule has 3 aliphatic heterocycles. The minimum Gasteiger partial charge on any atom is -0.461 e. The number of nitrogens with zero attached hydrogens (tertiary/aromatic N) is 6. The van der Waals surface area contributed by atoms with Crippen LogP contribution >= 0.6 is 11.3 Å². The number of anilines is 2. The largest absolute Gasteiger partial charge is 0.461 e. The molecule has 0 spiro atoms. The molecule has 2 atom stereocenters. The zero-order valence-corrected chi connectivity index (χ0v) is 22.6. The summed E-state index contributed by atoms with van der Waals surface area (Å²) in [5, 5.41) is 4.15. The molecule has 0 bridgehead atoms. The molecule has 13 heteroatoms. The van der Waals surface area contributed by atoms with Crippen molar-refractivity contribution in [2.24, 2.45) is 0 Å². The van der Waals surface area contributed by atoms with Crippen LogP contribution in [0.3, 0.4) is 0 Å². The van der Waals surface area contributed by atoms with Gasteiger partial charge in [-0.15, -0.1) is 0 Å². The van der Waals surface area contributed by atoms with E-state index in [1.54, 1.807) is 12.3 Å². The number of benzene rings is 1. The van der Waals surface area contributed by atoms with Gasteiger partial charge in [0.15, 0.2) is 5.13 Å². The van der Waals surface area contributed by atoms with E-state index in [1.807, 2.05) is 0 Å². The van der Waals surface area contributed by atoms with Crippen molar-refractivity contribution in [1.29, 1.82) is 0 Å². The summed E-state index contributed by atoms with van der Waals surface area (Å²) in [6.07, 6.45) is 3.03. The Balaban J connectivity index is 1.36. The summed E-state index contributed by atoms with van der Waals surface area (Å²) in [6, 6.07) is 2.98. The summed E-state index contributed by atoms with van der Waals surface area (Å²) >= 11 is 1.04. The van der Waals surface area contributed by atoms with Crippen LogP contribution in [0.15, 0.2) is 18.3 Å². The average molecular weight is 571 g/mol. The molecule has 40 heavy (non-hydrogen) atoms. The highest BCUT2D eigenvalue weighted by Gasteiger charge is 2.49. The molecule has 0 unspecified atom stereocenters. The van der Waals surface area contributed by atoms with Gasteiger partial charge >= 0.3 is 6.01 Å². The third-order valence-corrected chi connectivity index (χ3v) is 9.24. The second-order valence-corrected chi connectivity index (χ2v) is 11.8. The second kappa shape index (κ2) is 9.96. The normalized spacial score (nSPS) is 23.4. The van der Waals surface area contributed by atoms with E-state index in [0.29, 0.717) is 59.5 Å². The number of rotatable bonds is 6. The summed E-state index contributed by atoms with van der Waals surface area (Å²) in [5.41, 5.74) is 7.26. The zero-order chi connectivity index (χ0) is 27.4. The van der Waals surface area contributed by atoms with E-state index in [-0.39, 0.29) is 33.6 Å². The van der Waals surface area contributed by atoms with E-state index < -0.39 is 18.7 Å². The van der Waals surface area contributed by atoms with Gasteiger partial charge in [0.1, 0.15) is 31.1 Å². The van der Waals surface area contributed by atoms with Crippen molar-refractivity contribution in [2.45, 2.75) is 37.6 Å². The smallest absolute Gasteiger partial charge is 0.319 e. The molecule has 9 nitrogen and oxygen atoms in total. The zero-order valence-electron chi connectivity index (χ0n) is 21.8. The van der Waals surface area contributed by atoms with Crippen LogP contribution in [-0.4, -0.2) is 82.4 Å². The average Bonchev–Trinajstić information content (AvgIpc) is 3.63. The van der Waals surface area contributed by atoms with E-state index in [1.165, 1.54) is 6.07 Å². The number of halogens is 3. The van der Waals surface area contributed by atoms with Gasteiger partial charge in [-0.25, -0.2) is 18.2 Å². The summed E-state index contributed by atoms with van der Waals surface area (Å²) in [6.45, 7) is 3.63. The molecular formula is C27H29F3N8OS. The number of nitrogens with two attached hydrogens (primary N) is 1. The van der Waals surface area contributed by atoms with Gasteiger partial charge in [0.25, 0.3) is 0 Å². The molecule has 7 rings (SSSR count). The fourth-order valence-electron chi connectivity index (χ4n) is 6.48. The van der Waals surface area contributed by atoms with E-state index in [4.69, 9.17) is 20.4 Å². The Hall–Kier alpha value is -3.29. The van der Waals surface area contributed by atoms with Gasteiger partial charge in [0, 0.05) is 56.5 Å². The number of hydrogen-bond acceptors (Lipinski definition) is 10. The molecular weight excluding hydrogens is 541 g/mol. The molecule has 0 radical (unpaired) electrons. The van der Waals surface area contributed by atoms with E-state index in [2.05, 4.69) is 25.1 Å². The highest BCUT2D eigenvalue weighted by atomic mass is 32.1. The number of piperazine rings is 1. The van der Waals surface area contributed by atoms with Crippen molar-refractivity contribution in [3.05, 3.63) is 29.7 Å². The molecule has 0 saturated carbocycles. The number of thiazole rings is 1. The lowest BCUT2D eigenvalue weighted by atomic mass is 9.95. The molecule has 3 aliphatic rings. The molecule has 3 N–H and O–H groups in total. The SMILES string of the molecule is Nc1nc2c(-c3ncc4c(N5CCNCC5)nc(OC[C@@]56CCCN5C[C@H](F)C6)nc4c3CF)ccc(F)c2s1. The number of alkyl halides is 2. The number of hydrogen-bond donors (Lipinski definition) is 2. The Kier molecular flexibility index (Phi) is 6.39. The highest BCUT2D eigenvalue weighted by Crippen LogP contribution is 2.41. The number of pyridine rings is 1. The minimum atomic E-state index is -0.878. The lowest BCUT2D eigenvalue weighted by molar-refractivity contribution is 0.107. The number of ether oxygens (including phenoxy) is 1. The van der Waals surface area contributed by atoms with Crippen molar-refractivity contribution in [3.63, 3.8) is 0 Å². The van der Waals surface area contributed by atoms with Crippen LogP contribution in [0.5, 0.6) is 6.01 Å². The van der Waals surface area contributed by atoms with Crippen molar-refractivity contribution >= 4 is 43.4 Å². The van der Waals surface area contributed by atoms with Crippen LogP contribution in [0.25, 0.3) is 32.4 Å². The predicted molar refractivity (Wildman–Crippen MR) is 149 cm³/mol. The maximum atomic E-state index is 14.9. The van der Waals surface area contributed by atoms with Gasteiger partial charge < -0.3 is 20.7 Å². The lowest BCUT2D eigenvalue weighted by Gasteiger charge is -2.32. The van der Waals surface area contributed by atoms with Crippen molar-refractivity contribution in [3.8, 4) is 17.3 Å². The summed E-state index contributed by atoms with van der Waals surface area (Å²) in [5.74, 6) is 0.172. The third kappa shape index (κ3) is 4.22. The van der Waals surface area contributed by atoms with Crippen molar-refractivity contribution in [1.82, 2.24) is 30.2 Å². The Morgan fingerprint density at radius 3 is 2.83 bits per heavy atom. The second-order valence-electron chi connectivity index (χ2n) is 10.7. The molecule has 0 amide bonds. The fourth-order valence-corrected chi connectivity index (χ4v) is 7.24. The van der Waals surface area contributed by atoms with Crippen molar-refractivity contribution < 1.29 is 17.9 Å². The maximum absolute atomic E-state index is 14.9. The van der Waals surface area contributed by atoms with Crippen LogP contribution < -0.4 is 20.7 Å². The number of fused-ring (bicyclic) bond motifs is 3. The van der Waals surface area contributed by atoms with Gasteiger partial charge in [0.05, 0.1) is 32.4 Å². The Morgan fingerprint density at radius 1 is 1.15 bits per heavy atom. The Bertz CT molecular complexity index is 1600. The molecule has 3 saturated heterocycles. The van der Waals surface area contributed by atoms with Crippen LogP contribution in [0.1, 0.15) is 24.8 Å². The van der Waals surface area contributed by atoms with Crippen LogP contribution in [0.4, 0.5) is 24.1 Å². The van der Waals surface area contributed by atoms with Crippen LogP contribution in [-0.2, 0) is 6.67 Å². The third-order valence-electron chi connectivity index (χ3n) is 8.35. The van der Waals surface area contributed by atoms with Gasteiger partial charge in [0.2, 0.25) is 0 Å². The van der Waals surface area contributed by atoms with Crippen LogP contribution in [0, 0.1) is 5.82 Å². The van der Waals surface area contributed by atoms with E-state index >= 15 is 0 Å². The Labute approximate surface area is 232 Å². The first kappa shape index (κ1) is 25.7. The van der Waals surface area contributed by atoms with Gasteiger partial charge in [-0.1, -0.05) is 11.3 Å². The Morgan fingerprint density at radius 2 is 2.00 bits per heavy atom. The predicted octanol–water partition coefficient (Wildman–Crippen LogP) is 3.86. The molecule has 6 heterocycles. The first-order valence-corrected chi connectivity index (χ1v) is 14.4. The molecule has 3 fully saturated rings. The summed E-state index contributed by atoms with van der Waals surface area (Å²) in [7, 11) is 0. The van der Waals surface area contributed by atoms with E-state index in [9.17, 15) is 13.2 Å². The number of aromatic nitrogens is 4. The summed E-state index contributed by atoms with van der Waals surface area (Å²) in [4.78, 5) is 22.7. The van der Waals surface area contributed by atoms with Crippen LogP contribution in [0.2, 0.25) is 0 Å². The fraction of sp³-hybridized carbons (Fsp3) is 0.481.